The molecule has 8 nitrogen and oxygen atoms in total. The van der Waals surface area contributed by atoms with Crippen LogP contribution in [-0.4, -0.2) is 60.7 Å². The molecule has 3 atom stereocenters. The summed E-state index contributed by atoms with van der Waals surface area (Å²) in [6, 6.07) is 15.7. The molecule has 186 valence electrons. The van der Waals surface area contributed by atoms with Crippen molar-refractivity contribution in [2.45, 2.75) is 51.3 Å². The minimum absolute atomic E-state index is 0.0321. The van der Waals surface area contributed by atoms with Crippen LogP contribution in [0.25, 0.3) is 0 Å². The van der Waals surface area contributed by atoms with Gasteiger partial charge in [-0.05, 0) is 31.9 Å². The standard InChI is InChI=1S/C28H30N4O4/c1-4-30-14-21(20-11-10-18(16-33)12-22(20)30)25(19-8-6-5-7-9-19)23-15-31(17(2)3)28(36)26-27(35)24(34)13-29-32(23)26/h5-14,17,21,23,25,33H,4,15-16H2,1-3H3/p+1. The highest BCUT2D eigenvalue weighted by Gasteiger charge is 2.46. The van der Waals surface area contributed by atoms with Crippen molar-refractivity contribution in [3.05, 3.63) is 87.3 Å². The molecule has 1 amide bonds. The van der Waals surface area contributed by atoms with E-state index in [4.69, 9.17) is 0 Å². The molecule has 1 aromatic heterocycles. The predicted molar refractivity (Wildman–Crippen MR) is 136 cm³/mol. The molecule has 0 saturated heterocycles. The molecule has 0 radical (unpaired) electrons. The van der Waals surface area contributed by atoms with Crippen LogP contribution in [0.1, 0.15) is 65.8 Å². The zero-order valence-electron chi connectivity index (χ0n) is 20.7. The maximum atomic E-state index is 13.4. The summed E-state index contributed by atoms with van der Waals surface area (Å²) in [6.07, 6.45) is 3.30. The van der Waals surface area contributed by atoms with Crippen molar-refractivity contribution in [3.63, 3.8) is 0 Å². The number of carbonyl (C=O) groups is 1. The summed E-state index contributed by atoms with van der Waals surface area (Å²) in [5.41, 5.74) is 3.38. The van der Waals surface area contributed by atoms with Gasteiger partial charge in [-0.3, -0.25) is 14.3 Å². The number of fused-ring (bicyclic) bond motifs is 2. The van der Waals surface area contributed by atoms with Gasteiger partial charge in [0, 0.05) is 30.1 Å². The molecule has 0 bridgehead atoms. The van der Waals surface area contributed by atoms with Crippen molar-refractivity contribution in [1.82, 2.24) is 14.7 Å². The quantitative estimate of drug-likeness (QED) is 0.521. The van der Waals surface area contributed by atoms with Gasteiger partial charge in [-0.15, -0.1) is 0 Å². The molecule has 2 aliphatic heterocycles. The molecule has 0 saturated carbocycles. The first-order valence-electron chi connectivity index (χ1n) is 12.4. The number of carbonyl (C=O) groups excluding carboxylic acids is 1. The fraction of sp³-hybridized carbons (Fsp3) is 0.357. The van der Waals surface area contributed by atoms with E-state index in [-0.39, 0.29) is 36.2 Å². The Morgan fingerprint density at radius 1 is 1.14 bits per heavy atom. The van der Waals surface area contributed by atoms with E-state index in [0.29, 0.717) is 6.54 Å². The molecule has 2 aromatic carbocycles. The molecule has 8 heteroatoms. The number of hydrogen-bond donors (Lipinski definition) is 2. The summed E-state index contributed by atoms with van der Waals surface area (Å²) in [6.45, 7) is 7.07. The molecule has 2 aliphatic rings. The lowest BCUT2D eigenvalue weighted by Gasteiger charge is -2.41. The highest BCUT2D eigenvalue weighted by atomic mass is 16.3. The van der Waals surface area contributed by atoms with Crippen LogP contribution < -0.4 is 5.43 Å². The van der Waals surface area contributed by atoms with Gasteiger partial charge in [-0.1, -0.05) is 42.5 Å². The average Bonchev–Trinajstić information content (AvgIpc) is 3.25. The largest absolute Gasteiger partial charge is 0.502 e. The molecule has 2 N–H and O–H groups in total. The second-order valence-corrected chi connectivity index (χ2v) is 9.72. The Hall–Kier alpha value is -3.78. The molecule has 0 spiro atoms. The number of amides is 1. The Morgan fingerprint density at radius 2 is 1.89 bits per heavy atom. The van der Waals surface area contributed by atoms with Crippen molar-refractivity contribution in [1.29, 1.82) is 0 Å². The van der Waals surface area contributed by atoms with E-state index in [2.05, 4.69) is 41.0 Å². The van der Waals surface area contributed by atoms with Gasteiger partial charge in [-0.25, -0.2) is 4.58 Å². The zero-order valence-corrected chi connectivity index (χ0v) is 20.7. The minimum Gasteiger partial charge on any atom is -0.502 e. The van der Waals surface area contributed by atoms with Crippen LogP contribution in [0.3, 0.4) is 0 Å². The maximum absolute atomic E-state index is 13.4. The van der Waals surface area contributed by atoms with E-state index in [1.165, 1.54) is 0 Å². The first-order valence-corrected chi connectivity index (χ1v) is 12.4. The third-order valence-corrected chi connectivity index (χ3v) is 7.38. The smallest absolute Gasteiger partial charge is 0.276 e. The number of aliphatic hydroxyl groups is 1. The monoisotopic (exact) mass is 487 g/mol. The van der Waals surface area contributed by atoms with E-state index in [1.807, 2.05) is 44.2 Å². The SMILES string of the molecule is CC[N+]1=CC(C(c2ccccc2)C2CN(C(C)C)C(=O)c3c(O)c(=O)cnn32)c2ccc(CO)cc21. The van der Waals surface area contributed by atoms with Crippen LogP contribution >= 0.6 is 0 Å². The minimum atomic E-state index is -0.665. The number of nitrogens with zero attached hydrogens (tertiary/aromatic N) is 4. The Balaban J connectivity index is 1.74. The number of hydrogen-bond acceptors (Lipinski definition) is 5. The molecular weight excluding hydrogens is 456 g/mol. The molecule has 3 aromatic rings. The third-order valence-electron chi connectivity index (χ3n) is 7.38. The van der Waals surface area contributed by atoms with Crippen molar-refractivity contribution < 1.29 is 19.6 Å². The van der Waals surface area contributed by atoms with Gasteiger partial charge in [0.05, 0.1) is 24.8 Å². The summed E-state index contributed by atoms with van der Waals surface area (Å²) in [4.78, 5) is 27.4. The third kappa shape index (κ3) is 3.82. The Labute approximate surface area is 209 Å². The van der Waals surface area contributed by atoms with Crippen molar-refractivity contribution in [2.24, 2.45) is 0 Å². The van der Waals surface area contributed by atoms with Gasteiger partial charge < -0.3 is 15.1 Å². The number of aliphatic hydroxyl groups excluding tert-OH is 1. The fourth-order valence-electron chi connectivity index (χ4n) is 5.60. The van der Waals surface area contributed by atoms with Gasteiger partial charge in [0.25, 0.3) is 5.91 Å². The normalized spacial score (nSPS) is 19.8. The Kier molecular flexibility index (Phi) is 6.22. The fourth-order valence-corrected chi connectivity index (χ4v) is 5.60. The molecule has 5 rings (SSSR count). The highest BCUT2D eigenvalue weighted by molar-refractivity contribution is 5.96. The van der Waals surface area contributed by atoms with Gasteiger partial charge in [0.15, 0.2) is 17.7 Å². The molecule has 36 heavy (non-hydrogen) atoms. The number of rotatable bonds is 6. The lowest BCUT2D eigenvalue weighted by Crippen LogP contribution is -2.50. The lowest BCUT2D eigenvalue weighted by atomic mass is 9.77. The van der Waals surface area contributed by atoms with Crippen molar-refractivity contribution >= 4 is 17.8 Å². The van der Waals surface area contributed by atoms with Crippen molar-refractivity contribution in [2.75, 3.05) is 13.1 Å². The van der Waals surface area contributed by atoms with E-state index in [9.17, 15) is 19.8 Å². The van der Waals surface area contributed by atoms with E-state index in [1.54, 1.807) is 9.58 Å². The van der Waals surface area contributed by atoms with Crippen LogP contribution in [-0.2, 0) is 6.61 Å². The summed E-state index contributed by atoms with van der Waals surface area (Å²) in [7, 11) is 0. The first-order chi connectivity index (χ1) is 17.3. The summed E-state index contributed by atoms with van der Waals surface area (Å²) < 4.78 is 3.75. The first kappa shape index (κ1) is 23.9. The van der Waals surface area contributed by atoms with E-state index in [0.717, 1.165) is 35.1 Å². The second-order valence-electron chi connectivity index (χ2n) is 9.72. The van der Waals surface area contributed by atoms with Gasteiger partial charge >= 0.3 is 0 Å². The topological polar surface area (TPSA) is 98.7 Å². The van der Waals surface area contributed by atoms with Gasteiger partial charge in [-0.2, -0.15) is 5.10 Å². The predicted octanol–water partition coefficient (Wildman–Crippen LogP) is 3.16. The van der Waals surface area contributed by atoms with Crippen LogP contribution in [0.15, 0.2) is 59.5 Å². The van der Waals surface area contributed by atoms with E-state index < -0.39 is 17.1 Å². The molecule has 3 heterocycles. The van der Waals surface area contributed by atoms with Crippen LogP contribution in [0, 0.1) is 0 Å². The molecular formula is C28H31N4O4+. The maximum Gasteiger partial charge on any atom is 0.276 e. The molecule has 3 unspecified atom stereocenters. The van der Waals surface area contributed by atoms with Crippen LogP contribution in [0.4, 0.5) is 5.69 Å². The average molecular weight is 488 g/mol. The Morgan fingerprint density at radius 3 is 2.56 bits per heavy atom. The lowest BCUT2D eigenvalue weighted by molar-refractivity contribution is -0.428. The molecule has 0 fully saturated rings. The van der Waals surface area contributed by atoms with Crippen LogP contribution in [0.2, 0.25) is 0 Å². The van der Waals surface area contributed by atoms with Gasteiger partial charge in [0.1, 0.15) is 6.54 Å². The van der Waals surface area contributed by atoms with E-state index >= 15 is 0 Å². The summed E-state index contributed by atoms with van der Waals surface area (Å²) in [5, 5.41) is 24.8. The highest BCUT2D eigenvalue weighted by Crippen LogP contribution is 2.47. The molecule has 0 aliphatic carbocycles. The van der Waals surface area contributed by atoms with Crippen molar-refractivity contribution in [3.8, 4) is 5.75 Å². The number of aromatic hydroxyl groups is 1. The summed E-state index contributed by atoms with van der Waals surface area (Å²) >= 11 is 0. The van der Waals surface area contributed by atoms with Crippen LogP contribution in [0.5, 0.6) is 5.75 Å². The number of benzene rings is 2. The Bertz CT molecular complexity index is 1400. The zero-order chi connectivity index (χ0) is 25.6. The summed E-state index contributed by atoms with van der Waals surface area (Å²) in [5.74, 6) is -1.16. The second kappa shape index (κ2) is 9.35. The number of aromatic nitrogens is 2. The van der Waals surface area contributed by atoms with Gasteiger partial charge in [0.2, 0.25) is 11.1 Å².